The van der Waals surface area contributed by atoms with Crippen LogP contribution in [0, 0.1) is 0 Å². The molecule has 3 rings (SSSR count). The normalized spacial score (nSPS) is 10.5. The van der Waals surface area contributed by atoms with Gasteiger partial charge in [0.1, 0.15) is 5.52 Å². The molecule has 0 spiro atoms. The lowest BCUT2D eigenvalue weighted by atomic mass is 10.2. The highest BCUT2D eigenvalue weighted by molar-refractivity contribution is 5.74. The Morgan fingerprint density at radius 1 is 0.895 bits per heavy atom. The summed E-state index contributed by atoms with van der Waals surface area (Å²) in [6.45, 7) is 0.576. The van der Waals surface area contributed by atoms with E-state index in [9.17, 15) is 0 Å². The highest BCUT2D eigenvalue weighted by atomic mass is 15.2. The van der Waals surface area contributed by atoms with Crippen LogP contribution in [0.2, 0.25) is 0 Å². The van der Waals surface area contributed by atoms with Gasteiger partial charge in [0.05, 0.1) is 5.52 Å². The minimum atomic E-state index is 0.502. The number of hydrogen-bond acceptors (Lipinski definition) is 5. The van der Waals surface area contributed by atoms with Crippen LogP contribution in [-0.2, 0) is 6.54 Å². The van der Waals surface area contributed by atoms with Gasteiger partial charge in [-0.1, -0.05) is 30.3 Å². The zero-order chi connectivity index (χ0) is 13.1. The Balaban J connectivity index is 1.80. The first-order valence-electron chi connectivity index (χ1n) is 5.99. The van der Waals surface area contributed by atoms with Crippen molar-refractivity contribution in [3.63, 3.8) is 0 Å². The monoisotopic (exact) mass is 251 g/mol. The molecule has 5 heteroatoms. The molecule has 5 nitrogen and oxygen atoms in total. The first-order chi connectivity index (χ1) is 9.33. The van der Waals surface area contributed by atoms with E-state index in [2.05, 4.69) is 20.5 Å². The molecular formula is C14H13N5. The standard InChI is InChI=1S/C14H13N5/c15-11-6-2-1-5-10(11)9-16-14-17-12-7-3-4-8-13(12)18-19-14/h1-8H,9,15H2,(H,16,17,19). The van der Waals surface area contributed by atoms with Gasteiger partial charge in [-0.15, -0.1) is 10.2 Å². The van der Waals surface area contributed by atoms with Gasteiger partial charge in [-0.05, 0) is 23.8 Å². The maximum Gasteiger partial charge on any atom is 0.243 e. The summed E-state index contributed by atoms with van der Waals surface area (Å²) in [6.07, 6.45) is 0. The number of hydrogen-bond donors (Lipinski definition) is 2. The number of nitrogens with one attached hydrogen (secondary N) is 1. The average Bonchev–Trinajstić information content (AvgIpc) is 2.46. The third kappa shape index (κ3) is 2.44. The molecule has 0 atom stereocenters. The van der Waals surface area contributed by atoms with Crippen molar-refractivity contribution in [3.05, 3.63) is 54.1 Å². The van der Waals surface area contributed by atoms with Crippen LogP contribution in [0.5, 0.6) is 0 Å². The minimum absolute atomic E-state index is 0.502. The van der Waals surface area contributed by atoms with E-state index in [-0.39, 0.29) is 0 Å². The number of fused-ring (bicyclic) bond motifs is 1. The molecule has 0 unspecified atom stereocenters. The van der Waals surface area contributed by atoms with Crippen molar-refractivity contribution >= 4 is 22.7 Å². The van der Waals surface area contributed by atoms with Crippen molar-refractivity contribution in [2.45, 2.75) is 6.54 Å². The van der Waals surface area contributed by atoms with Gasteiger partial charge in [0.15, 0.2) is 0 Å². The molecule has 0 aliphatic carbocycles. The van der Waals surface area contributed by atoms with Crippen LogP contribution in [0.1, 0.15) is 5.56 Å². The summed E-state index contributed by atoms with van der Waals surface area (Å²) in [5, 5.41) is 11.3. The fourth-order valence-corrected chi connectivity index (χ4v) is 1.83. The Kier molecular flexibility index (Phi) is 2.94. The van der Waals surface area contributed by atoms with Gasteiger partial charge < -0.3 is 11.1 Å². The lowest BCUT2D eigenvalue weighted by Gasteiger charge is -2.07. The number of aromatic nitrogens is 3. The van der Waals surface area contributed by atoms with Crippen molar-refractivity contribution < 1.29 is 0 Å². The van der Waals surface area contributed by atoms with Crippen molar-refractivity contribution in [3.8, 4) is 0 Å². The van der Waals surface area contributed by atoms with Crippen molar-refractivity contribution in [2.75, 3.05) is 11.1 Å². The van der Waals surface area contributed by atoms with E-state index in [4.69, 9.17) is 5.73 Å². The zero-order valence-electron chi connectivity index (χ0n) is 10.2. The number of rotatable bonds is 3. The second-order valence-electron chi connectivity index (χ2n) is 4.18. The molecule has 1 heterocycles. The molecule has 19 heavy (non-hydrogen) atoms. The Bertz CT molecular complexity index is 711. The van der Waals surface area contributed by atoms with E-state index in [1.165, 1.54) is 0 Å². The molecule has 0 saturated heterocycles. The SMILES string of the molecule is Nc1ccccc1CNc1nnc2ccccc2n1. The quantitative estimate of drug-likeness (QED) is 0.698. The number of nitrogens with zero attached hydrogens (tertiary/aromatic N) is 3. The summed E-state index contributed by atoms with van der Waals surface area (Å²) in [6, 6.07) is 15.3. The largest absolute Gasteiger partial charge is 0.398 e. The number of para-hydroxylation sites is 2. The van der Waals surface area contributed by atoms with E-state index < -0.39 is 0 Å². The summed E-state index contributed by atoms with van der Waals surface area (Å²) >= 11 is 0. The van der Waals surface area contributed by atoms with Gasteiger partial charge in [-0.25, -0.2) is 4.98 Å². The molecule has 0 bridgehead atoms. The third-order valence-corrected chi connectivity index (χ3v) is 2.85. The molecule has 0 fully saturated rings. The van der Waals surface area contributed by atoms with Crippen LogP contribution in [0.3, 0.4) is 0 Å². The lowest BCUT2D eigenvalue weighted by molar-refractivity contribution is 0.985. The Labute approximate surface area is 110 Å². The first kappa shape index (κ1) is 11.4. The Hall–Kier alpha value is -2.69. The maximum absolute atomic E-state index is 5.88. The van der Waals surface area contributed by atoms with Crippen LogP contribution >= 0.6 is 0 Å². The predicted octanol–water partition coefficient (Wildman–Crippen LogP) is 2.22. The van der Waals surface area contributed by atoms with E-state index in [1.54, 1.807) is 0 Å². The molecule has 1 aromatic heterocycles. The van der Waals surface area contributed by atoms with Gasteiger partial charge in [0.2, 0.25) is 5.95 Å². The fourth-order valence-electron chi connectivity index (χ4n) is 1.83. The molecule has 0 aliphatic heterocycles. The average molecular weight is 251 g/mol. The summed E-state index contributed by atoms with van der Waals surface area (Å²) in [4.78, 5) is 4.39. The molecular weight excluding hydrogens is 238 g/mol. The van der Waals surface area contributed by atoms with Gasteiger partial charge in [0.25, 0.3) is 0 Å². The number of nitrogen functional groups attached to an aromatic ring is 1. The third-order valence-electron chi connectivity index (χ3n) is 2.85. The van der Waals surface area contributed by atoms with Crippen molar-refractivity contribution in [1.82, 2.24) is 15.2 Å². The summed E-state index contributed by atoms with van der Waals surface area (Å²) in [5.41, 5.74) is 9.25. The van der Waals surface area contributed by atoms with Gasteiger partial charge >= 0.3 is 0 Å². The minimum Gasteiger partial charge on any atom is -0.398 e. The molecule has 3 aromatic rings. The molecule has 94 valence electrons. The lowest BCUT2D eigenvalue weighted by Crippen LogP contribution is -2.06. The molecule has 0 aliphatic rings. The zero-order valence-corrected chi connectivity index (χ0v) is 10.2. The Morgan fingerprint density at radius 3 is 2.47 bits per heavy atom. The fraction of sp³-hybridized carbons (Fsp3) is 0.0714. The predicted molar refractivity (Wildman–Crippen MR) is 75.5 cm³/mol. The van der Waals surface area contributed by atoms with Crippen LogP contribution < -0.4 is 11.1 Å². The van der Waals surface area contributed by atoms with Gasteiger partial charge in [-0.3, -0.25) is 0 Å². The topological polar surface area (TPSA) is 76.7 Å². The molecule has 2 aromatic carbocycles. The molecule has 0 saturated carbocycles. The van der Waals surface area contributed by atoms with Crippen LogP contribution in [0.15, 0.2) is 48.5 Å². The van der Waals surface area contributed by atoms with E-state index in [1.807, 2.05) is 48.5 Å². The van der Waals surface area contributed by atoms with E-state index in [0.29, 0.717) is 12.5 Å². The first-order valence-corrected chi connectivity index (χ1v) is 5.99. The van der Waals surface area contributed by atoms with Crippen molar-refractivity contribution in [1.29, 1.82) is 0 Å². The maximum atomic E-state index is 5.88. The number of benzene rings is 2. The summed E-state index contributed by atoms with van der Waals surface area (Å²) in [7, 11) is 0. The highest BCUT2D eigenvalue weighted by Crippen LogP contribution is 2.13. The van der Waals surface area contributed by atoms with Crippen LogP contribution in [-0.4, -0.2) is 15.2 Å². The summed E-state index contributed by atoms with van der Waals surface area (Å²) in [5.74, 6) is 0.502. The second-order valence-corrected chi connectivity index (χ2v) is 4.18. The Morgan fingerprint density at radius 2 is 1.63 bits per heavy atom. The number of anilines is 2. The van der Waals surface area contributed by atoms with E-state index in [0.717, 1.165) is 22.3 Å². The van der Waals surface area contributed by atoms with Gasteiger partial charge in [-0.2, -0.15) is 0 Å². The van der Waals surface area contributed by atoms with Crippen LogP contribution in [0.25, 0.3) is 11.0 Å². The highest BCUT2D eigenvalue weighted by Gasteiger charge is 2.02. The van der Waals surface area contributed by atoms with Crippen LogP contribution in [0.4, 0.5) is 11.6 Å². The number of nitrogens with two attached hydrogens (primary N) is 1. The summed E-state index contributed by atoms with van der Waals surface area (Å²) < 4.78 is 0. The van der Waals surface area contributed by atoms with Gasteiger partial charge in [0, 0.05) is 12.2 Å². The molecule has 3 N–H and O–H groups in total. The second kappa shape index (κ2) is 4.89. The van der Waals surface area contributed by atoms with E-state index >= 15 is 0 Å². The molecule has 0 amide bonds. The smallest absolute Gasteiger partial charge is 0.243 e. The molecule has 0 radical (unpaired) electrons. The van der Waals surface area contributed by atoms with Crippen molar-refractivity contribution in [2.24, 2.45) is 0 Å².